The van der Waals surface area contributed by atoms with Gasteiger partial charge in [-0.1, -0.05) is 32.9 Å². The van der Waals surface area contributed by atoms with Crippen LogP contribution in [0.4, 0.5) is 0 Å². The van der Waals surface area contributed by atoms with Crippen LogP contribution in [0.2, 0.25) is 0 Å². The number of hydrogen-bond donors (Lipinski definition) is 1. The van der Waals surface area contributed by atoms with Crippen molar-refractivity contribution in [2.75, 3.05) is 0 Å². The summed E-state index contributed by atoms with van der Waals surface area (Å²) in [5, 5.41) is 9.48. The van der Waals surface area contributed by atoms with Crippen LogP contribution in [0, 0.1) is 39.9 Å². The molecular formula is C27H40O4. The highest BCUT2D eigenvalue weighted by atomic mass is 16.6. The molecule has 0 aromatic carbocycles. The lowest BCUT2D eigenvalue weighted by Crippen LogP contribution is -2.60. The van der Waals surface area contributed by atoms with Crippen LogP contribution >= 0.6 is 0 Å². The number of rotatable bonds is 5. The second kappa shape index (κ2) is 7.22. The number of hydrogen-bond acceptors (Lipinski definition) is 3. The molecule has 0 aromatic heterocycles. The van der Waals surface area contributed by atoms with Crippen molar-refractivity contribution in [3.05, 3.63) is 24.3 Å². The van der Waals surface area contributed by atoms with Crippen LogP contribution in [-0.2, 0) is 14.3 Å². The fourth-order valence-corrected chi connectivity index (χ4v) is 9.05. The molecule has 0 spiro atoms. The van der Waals surface area contributed by atoms with Gasteiger partial charge in [-0.25, -0.2) is 4.79 Å². The molecule has 172 valence electrons. The molecule has 0 bridgehead atoms. The number of carboxylic acid groups (broad SMARTS) is 1. The van der Waals surface area contributed by atoms with Gasteiger partial charge in [0.15, 0.2) is 0 Å². The summed E-state index contributed by atoms with van der Waals surface area (Å²) in [6.45, 7) is 15.9. The lowest BCUT2D eigenvalue weighted by Gasteiger charge is -2.66. The zero-order valence-electron chi connectivity index (χ0n) is 20.0. The number of fused-ring (bicyclic) bond motifs is 3. The molecule has 3 fully saturated rings. The minimum Gasteiger partial charge on any atom is -0.481 e. The number of cyclic esters (lactones) is 1. The highest BCUT2D eigenvalue weighted by molar-refractivity contribution is 5.85. The SMILES string of the molecule is C=C(C)[C@@H]1CC[C@]2(C)[C@H](CC[C@@H]3[C@@H]([C@]4(C)C=CC(=O)O4)CC[C@]32C)[C@@]1(C)CCC(=O)O. The topological polar surface area (TPSA) is 63.6 Å². The standard InChI is InChI=1S/C27H40O4/c1-17(2)18-9-15-26(5)21(24(18,3)13-11-22(28)29)8-7-19-20(10-14-25(19,26)4)27(6)16-12-23(30)31-27/h12,16,18-21H,1,7-11,13-15H2,2-6H3,(H,28,29)/t18-,19+,20-,21+,24-,25+,26+,27-/m0/s1. The van der Waals surface area contributed by atoms with E-state index in [2.05, 4.69) is 41.2 Å². The molecule has 31 heavy (non-hydrogen) atoms. The third kappa shape index (κ3) is 3.15. The molecule has 1 heterocycles. The quantitative estimate of drug-likeness (QED) is 0.420. The maximum absolute atomic E-state index is 11.9. The number of aliphatic carboxylic acids is 1. The Kier molecular flexibility index (Phi) is 5.26. The lowest BCUT2D eigenvalue weighted by atomic mass is 9.38. The zero-order valence-corrected chi connectivity index (χ0v) is 20.0. The third-order valence-corrected chi connectivity index (χ3v) is 10.7. The van der Waals surface area contributed by atoms with Crippen molar-refractivity contribution >= 4 is 11.9 Å². The van der Waals surface area contributed by atoms with Gasteiger partial charge in [-0.15, -0.1) is 0 Å². The first-order valence-corrected chi connectivity index (χ1v) is 12.2. The van der Waals surface area contributed by atoms with Crippen LogP contribution < -0.4 is 0 Å². The third-order valence-electron chi connectivity index (χ3n) is 10.7. The Morgan fingerprint density at radius 2 is 1.77 bits per heavy atom. The number of carbonyl (C=O) groups is 2. The second-order valence-corrected chi connectivity index (χ2v) is 12.0. The van der Waals surface area contributed by atoms with E-state index in [9.17, 15) is 14.7 Å². The number of allylic oxidation sites excluding steroid dienone is 1. The molecule has 4 rings (SSSR count). The summed E-state index contributed by atoms with van der Waals surface area (Å²) in [5.41, 5.74) is 1.03. The Labute approximate surface area is 187 Å². The maximum atomic E-state index is 11.9. The van der Waals surface area contributed by atoms with Crippen molar-refractivity contribution in [1.29, 1.82) is 0 Å². The van der Waals surface area contributed by atoms with Crippen molar-refractivity contribution in [3.8, 4) is 0 Å². The van der Waals surface area contributed by atoms with Crippen LogP contribution in [0.5, 0.6) is 0 Å². The van der Waals surface area contributed by atoms with Gasteiger partial charge in [-0.3, -0.25) is 4.79 Å². The van der Waals surface area contributed by atoms with Gasteiger partial charge in [0.25, 0.3) is 0 Å². The van der Waals surface area contributed by atoms with E-state index in [4.69, 9.17) is 4.74 Å². The molecule has 1 N–H and O–H groups in total. The van der Waals surface area contributed by atoms with Crippen LogP contribution in [0.15, 0.2) is 24.3 Å². The summed E-state index contributed by atoms with van der Waals surface area (Å²) < 4.78 is 5.82. The van der Waals surface area contributed by atoms with Crippen LogP contribution in [0.1, 0.15) is 86.0 Å². The normalized spacial score (nSPS) is 48.7. The van der Waals surface area contributed by atoms with Gasteiger partial charge in [-0.2, -0.15) is 0 Å². The number of carboxylic acids is 1. The summed E-state index contributed by atoms with van der Waals surface area (Å²) in [7, 11) is 0. The highest BCUT2D eigenvalue weighted by Gasteiger charge is 2.67. The molecule has 8 atom stereocenters. The van der Waals surface area contributed by atoms with E-state index in [0.29, 0.717) is 23.7 Å². The van der Waals surface area contributed by atoms with Crippen LogP contribution in [-0.4, -0.2) is 22.6 Å². The molecular weight excluding hydrogens is 388 g/mol. The summed E-state index contributed by atoms with van der Waals surface area (Å²) in [6.07, 6.45) is 11.3. The summed E-state index contributed by atoms with van der Waals surface area (Å²) in [6, 6.07) is 0. The molecule has 1 aliphatic heterocycles. The van der Waals surface area contributed by atoms with E-state index in [1.54, 1.807) is 6.08 Å². The van der Waals surface area contributed by atoms with Gasteiger partial charge in [-0.05, 0) is 98.9 Å². The summed E-state index contributed by atoms with van der Waals surface area (Å²) >= 11 is 0. The molecule has 0 unspecified atom stereocenters. The first-order chi connectivity index (χ1) is 14.4. The number of ether oxygens (including phenoxy) is 1. The maximum Gasteiger partial charge on any atom is 0.331 e. The van der Waals surface area contributed by atoms with Crippen LogP contribution in [0.25, 0.3) is 0 Å². The van der Waals surface area contributed by atoms with Gasteiger partial charge in [0.2, 0.25) is 0 Å². The van der Waals surface area contributed by atoms with E-state index in [1.165, 1.54) is 12.0 Å². The second-order valence-electron chi connectivity index (χ2n) is 12.0. The number of esters is 1. The lowest BCUT2D eigenvalue weighted by molar-refractivity contribution is -0.179. The zero-order chi connectivity index (χ0) is 22.8. The molecule has 3 saturated carbocycles. The fraction of sp³-hybridized carbons (Fsp3) is 0.778. The fourth-order valence-electron chi connectivity index (χ4n) is 9.05. The average molecular weight is 429 g/mol. The minimum absolute atomic E-state index is 0.0348. The Morgan fingerprint density at radius 1 is 1.10 bits per heavy atom. The molecule has 3 aliphatic carbocycles. The van der Waals surface area contributed by atoms with E-state index < -0.39 is 11.6 Å². The van der Waals surface area contributed by atoms with Gasteiger partial charge >= 0.3 is 11.9 Å². The predicted molar refractivity (Wildman–Crippen MR) is 121 cm³/mol. The molecule has 4 nitrogen and oxygen atoms in total. The van der Waals surface area contributed by atoms with E-state index in [1.807, 2.05) is 6.08 Å². The molecule has 0 amide bonds. The highest BCUT2D eigenvalue weighted by Crippen LogP contribution is 2.74. The Morgan fingerprint density at radius 3 is 2.35 bits per heavy atom. The first kappa shape index (κ1) is 22.6. The van der Waals surface area contributed by atoms with Crippen molar-refractivity contribution in [1.82, 2.24) is 0 Å². The molecule has 0 aromatic rings. The molecule has 0 radical (unpaired) electrons. The van der Waals surface area contributed by atoms with E-state index in [-0.39, 0.29) is 28.6 Å². The molecule has 0 saturated heterocycles. The van der Waals surface area contributed by atoms with Gasteiger partial charge in [0, 0.05) is 18.4 Å². The van der Waals surface area contributed by atoms with Crippen molar-refractivity contribution in [3.63, 3.8) is 0 Å². The summed E-state index contributed by atoms with van der Waals surface area (Å²) in [4.78, 5) is 23.4. The van der Waals surface area contributed by atoms with Gasteiger partial charge < -0.3 is 9.84 Å². The van der Waals surface area contributed by atoms with Gasteiger partial charge in [0.1, 0.15) is 5.60 Å². The Hall–Kier alpha value is -1.58. The average Bonchev–Trinajstić information content (AvgIpc) is 3.21. The van der Waals surface area contributed by atoms with Crippen molar-refractivity contribution in [2.24, 2.45) is 39.9 Å². The molecule has 4 aliphatic rings. The number of carbonyl (C=O) groups excluding carboxylic acids is 1. The predicted octanol–water partition coefficient (Wildman–Crippen LogP) is 6.16. The van der Waals surface area contributed by atoms with Crippen molar-refractivity contribution < 1.29 is 19.4 Å². The monoisotopic (exact) mass is 428 g/mol. The van der Waals surface area contributed by atoms with Crippen molar-refractivity contribution in [2.45, 2.75) is 91.6 Å². The summed E-state index contributed by atoms with van der Waals surface area (Å²) in [5.74, 6) is 0.862. The smallest absolute Gasteiger partial charge is 0.331 e. The largest absolute Gasteiger partial charge is 0.481 e. The molecule has 4 heteroatoms. The van der Waals surface area contributed by atoms with E-state index in [0.717, 1.165) is 38.5 Å². The van der Waals surface area contributed by atoms with E-state index >= 15 is 0 Å². The Bertz CT molecular complexity index is 829. The van der Waals surface area contributed by atoms with Gasteiger partial charge in [0.05, 0.1) is 0 Å². The first-order valence-electron chi connectivity index (χ1n) is 12.2. The van der Waals surface area contributed by atoms with Crippen LogP contribution in [0.3, 0.4) is 0 Å². The minimum atomic E-state index is -0.697. The Balaban J connectivity index is 1.69.